The molecule has 96 valence electrons. The van der Waals surface area contributed by atoms with Crippen LogP contribution in [0.2, 0.25) is 0 Å². The number of hydrogen-bond donors (Lipinski definition) is 3. The van der Waals surface area contributed by atoms with Crippen LogP contribution in [0.25, 0.3) is 0 Å². The van der Waals surface area contributed by atoms with Crippen LogP contribution in [-0.4, -0.2) is 37.7 Å². The van der Waals surface area contributed by atoms with Crippen molar-refractivity contribution >= 4 is 10.0 Å². The van der Waals surface area contributed by atoms with Crippen LogP contribution < -0.4 is 10.0 Å². The molecule has 17 heavy (non-hydrogen) atoms. The lowest BCUT2D eigenvalue weighted by molar-refractivity contribution is 0.300. The van der Waals surface area contributed by atoms with Gasteiger partial charge in [0.25, 0.3) is 10.0 Å². The van der Waals surface area contributed by atoms with E-state index in [-0.39, 0.29) is 11.1 Å². The normalized spacial score (nSPS) is 25.9. The molecule has 1 aromatic rings. The average molecular weight is 258 g/mol. The summed E-state index contributed by atoms with van der Waals surface area (Å²) >= 11 is 0. The van der Waals surface area contributed by atoms with Gasteiger partial charge in [-0.1, -0.05) is 6.92 Å². The van der Waals surface area contributed by atoms with E-state index in [1.807, 2.05) is 0 Å². The fraction of sp³-hybridized carbons (Fsp3) is 0.700. The van der Waals surface area contributed by atoms with Gasteiger partial charge < -0.3 is 5.32 Å². The minimum atomic E-state index is -3.45. The summed E-state index contributed by atoms with van der Waals surface area (Å²) in [7, 11) is -3.45. The number of piperidine rings is 1. The second-order valence-corrected chi connectivity index (χ2v) is 6.19. The van der Waals surface area contributed by atoms with Crippen molar-refractivity contribution in [3.05, 3.63) is 12.3 Å². The Kier molecular flexibility index (Phi) is 3.80. The van der Waals surface area contributed by atoms with Gasteiger partial charge in [-0.05, 0) is 31.4 Å². The van der Waals surface area contributed by atoms with Crippen LogP contribution in [-0.2, 0) is 10.0 Å². The molecule has 6 nitrogen and oxygen atoms in total. The first-order valence-electron chi connectivity index (χ1n) is 5.82. The number of nitrogens with one attached hydrogen (secondary N) is 3. The fourth-order valence-electron chi connectivity index (χ4n) is 2.06. The summed E-state index contributed by atoms with van der Waals surface area (Å²) in [6.45, 7) is 3.52. The average Bonchev–Trinajstić information content (AvgIpc) is 2.82. The number of aromatic amines is 1. The molecule has 0 spiro atoms. The van der Waals surface area contributed by atoms with Gasteiger partial charge in [-0.3, -0.25) is 5.10 Å². The maximum atomic E-state index is 11.8. The number of aromatic nitrogens is 2. The lowest BCUT2D eigenvalue weighted by atomic mass is 9.93. The van der Waals surface area contributed by atoms with Crippen LogP contribution in [0.5, 0.6) is 0 Å². The molecule has 1 aromatic heterocycles. The van der Waals surface area contributed by atoms with Crippen molar-refractivity contribution in [1.82, 2.24) is 20.2 Å². The Balaban J connectivity index is 1.93. The van der Waals surface area contributed by atoms with Crippen molar-refractivity contribution in [2.75, 3.05) is 13.1 Å². The van der Waals surface area contributed by atoms with Crippen molar-refractivity contribution < 1.29 is 8.42 Å². The molecule has 1 fully saturated rings. The smallest absolute Gasteiger partial charge is 0.257 e. The van der Waals surface area contributed by atoms with Gasteiger partial charge >= 0.3 is 0 Å². The van der Waals surface area contributed by atoms with E-state index < -0.39 is 10.0 Å². The van der Waals surface area contributed by atoms with Gasteiger partial charge in [0.1, 0.15) is 0 Å². The van der Waals surface area contributed by atoms with E-state index in [4.69, 9.17) is 0 Å². The van der Waals surface area contributed by atoms with E-state index in [9.17, 15) is 8.42 Å². The topological polar surface area (TPSA) is 86.9 Å². The van der Waals surface area contributed by atoms with E-state index >= 15 is 0 Å². The van der Waals surface area contributed by atoms with E-state index in [2.05, 4.69) is 27.2 Å². The maximum absolute atomic E-state index is 11.8. The van der Waals surface area contributed by atoms with E-state index in [1.54, 1.807) is 0 Å². The van der Waals surface area contributed by atoms with Crippen molar-refractivity contribution in [1.29, 1.82) is 0 Å². The zero-order chi connectivity index (χ0) is 12.3. The third kappa shape index (κ3) is 3.05. The molecule has 2 unspecified atom stereocenters. The number of nitrogens with zero attached hydrogens (tertiary/aromatic N) is 1. The number of sulfonamides is 1. The molecule has 3 N–H and O–H groups in total. The van der Waals surface area contributed by atoms with Crippen molar-refractivity contribution in [2.24, 2.45) is 5.92 Å². The van der Waals surface area contributed by atoms with Gasteiger partial charge in [0.05, 0.1) is 6.20 Å². The van der Waals surface area contributed by atoms with Crippen LogP contribution in [0.15, 0.2) is 17.3 Å². The van der Waals surface area contributed by atoms with Gasteiger partial charge in [-0.2, -0.15) is 5.10 Å². The van der Waals surface area contributed by atoms with Gasteiger partial charge in [-0.15, -0.1) is 0 Å². The van der Waals surface area contributed by atoms with Crippen molar-refractivity contribution in [2.45, 2.75) is 30.8 Å². The first kappa shape index (κ1) is 12.5. The molecule has 1 aliphatic rings. The Morgan fingerprint density at radius 1 is 1.59 bits per heavy atom. The zero-order valence-electron chi connectivity index (χ0n) is 9.81. The molecule has 2 atom stereocenters. The highest BCUT2D eigenvalue weighted by molar-refractivity contribution is 7.89. The summed E-state index contributed by atoms with van der Waals surface area (Å²) in [5, 5.41) is 9.54. The summed E-state index contributed by atoms with van der Waals surface area (Å²) < 4.78 is 26.3. The second-order valence-electron chi connectivity index (χ2n) is 4.45. The standard InChI is InChI=1S/C10H18N4O2S/c1-8-3-2-5-11-9(8)7-13-17(15,16)10-4-6-12-14-10/h4,6,8-9,11,13H,2-3,5,7H2,1H3,(H,12,14). The Bertz CT molecular complexity index is 443. The summed E-state index contributed by atoms with van der Waals surface area (Å²) in [5.41, 5.74) is 0. The minimum absolute atomic E-state index is 0.112. The fourth-order valence-corrected chi connectivity index (χ4v) is 3.02. The largest absolute Gasteiger partial charge is 0.312 e. The molecule has 0 radical (unpaired) electrons. The zero-order valence-corrected chi connectivity index (χ0v) is 10.6. The summed E-state index contributed by atoms with van der Waals surface area (Å²) in [6.07, 6.45) is 3.73. The summed E-state index contributed by atoms with van der Waals surface area (Å²) in [6, 6.07) is 1.65. The third-order valence-corrected chi connectivity index (χ3v) is 4.54. The Morgan fingerprint density at radius 2 is 2.41 bits per heavy atom. The number of rotatable bonds is 4. The molecule has 0 saturated carbocycles. The Labute approximate surface area is 101 Å². The molecule has 0 aliphatic carbocycles. The second kappa shape index (κ2) is 5.16. The maximum Gasteiger partial charge on any atom is 0.257 e. The highest BCUT2D eigenvalue weighted by Crippen LogP contribution is 2.15. The molecule has 2 heterocycles. The van der Waals surface area contributed by atoms with Gasteiger partial charge in [0, 0.05) is 12.6 Å². The molecule has 0 amide bonds. The van der Waals surface area contributed by atoms with Gasteiger partial charge in [0.15, 0.2) is 5.03 Å². The molecule has 7 heteroatoms. The lowest BCUT2D eigenvalue weighted by Gasteiger charge is -2.30. The van der Waals surface area contributed by atoms with Gasteiger partial charge in [-0.25, -0.2) is 13.1 Å². The minimum Gasteiger partial charge on any atom is -0.312 e. The van der Waals surface area contributed by atoms with E-state index in [1.165, 1.54) is 12.3 Å². The quantitative estimate of drug-likeness (QED) is 0.713. The molecule has 0 aromatic carbocycles. The van der Waals surface area contributed by atoms with Crippen LogP contribution in [0.1, 0.15) is 19.8 Å². The van der Waals surface area contributed by atoms with Crippen LogP contribution >= 0.6 is 0 Å². The molecular weight excluding hydrogens is 240 g/mol. The third-order valence-electron chi connectivity index (χ3n) is 3.19. The summed E-state index contributed by atoms with van der Waals surface area (Å²) in [5.74, 6) is 0.494. The molecule has 2 rings (SSSR count). The number of hydrogen-bond acceptors (Lipinski definition) is 4. The molecule has 0 bridgehead atoms. The van der Waals surface area contributed by atoms with Crippen LogP contribution in [0.4, 0.5) is 0 Å². The highest BCUT2D eigenvalue weighted by atomic mass is 32.2. The summed E-state index contributed by atoms with van der Waals surface area (Å²) in [4.78, 5) is 0. The SMILES string of the molecule is CC1CCCNC1CNS(=O)(=O)c1ccn[nH]1. The first-order chi connectivity index (χ1) is 8.09. The molecule has 1 saturated heterocycles. The number of H-pyrrole nitrogens is 1. The Morgan fingerprint density at radius 3 is 3.06 bits per heavy atom. The molecular formula is C10H18N4O2S. The van der Waals surface area contributed by atoms with Crippen molar-refractivity contribution in [3.63, 3.8) is 0 Å². The predicted octanol–water partition coefficient (Wildman–Crippen LogP) is 0.0761. The van der Waals surface area contributed by atoms with Crippen molar-refractivity contribution in [3.8, 4) is 0 Å². The molecule has 1 aliphatic heterocycles. The Hall–Kier alpha value is -0.920. The van der Waals surface area contributed by atoms with Crippen LogP contribution in [0, 0.1) is 5.92 Å². The van der Waals surface area contributed by atoms with E-state index in [0.29, 0.717) is 12.5 Å². The van der Waals surface area contributed by atoms with Gasteiger partial charge in [0.2, 0.25) is 0 Å². The van der Waals surface area contributed by atoms with E-state index in [0.717, 1.165) is 19.4 Å². The first-order valence-corrected chi connectivity index (χ1v) is 7.30. The monoisotopic (exact) mass is 258 g/mol. The predicted molar refractivity (Wildman–Crippen MR) is 64.0 cm³/mol. The van der Waals surface area contributed by atoms with Crippen LogP contribution in [0.3, 0.4) is 0 Å². The lowest BCUT2D eigenvalue weighted by Crippen LogP contribution is -2.47. The highest BCUT2D eigenvalue weighted by Gasteiger charge is 2.23.